The van der Waals surface area contributed by atoms with E-state index in [2.05, 4.69) is 9.97 Å². The standard InChI is InChI=1S/C13H16N2O/c1-7-5-14-11(9(7)3)13(16)12-10(4)8(2)6-15-12/h5-6,14-15H,1-4H3. The van der Waals surface area contributed by atoms with E-state index in [1.54, 1.807) is 0 Å². The van der Waals surface area contributed by atoms with Gasteiger partial charge in [-0.3, -0.25) is 4.79 Å². The third-order valence-corrected chi connectivity index (χ3v) is 3.25. The van der Waals surface area contributed by atoms with E-state index in [4.69, 9.17) is 0 Å². The molecule has 2 aromatic heterocycles. The smallest absolute Gasteiger partial charge is 0.225 e. The van der Waals surface area contributed by atoms with E-state index in [1.165, 1.54) is 0 Å². The largest absolute Gasteiger partial charge is 0.358 e. The number of aromatic nitrogens is 2. The van der Waals surface area contributed by atoms with Crippen molar-refractivity contribution < 1.29 is 4.79 Å². The highest BCUT2D eigenvalue weighted by atomic mass is 16.1. The molecular formula is C13H16N2O. The Balaban J connectivity index is 2.47. The van der Waals surface area contributed by atoms with Crippen LogP contribution in [0.4, 0.5) is 0 Å². The SMILES string of the molecule is Cc1c[nH]c(C(=O)c2[nH]cc(C)c2C)c1C. The number of rotatable bonds is 2. The first-order valence-corrected chi connectivity index (χ1v) is 5.36. The lowest BCUT2D eigenvalue weighted by molar-refractivity contribution is 0.102. The molecule has 0 saturated carbocycles. The van der Waals surface area contributed by atoms with E-state index in [9.17, 15) is 4.79 Å². The maximum absolute atomic E-state index is 12.3. The number of aromatic amines is 2. The van der Waals surface area contributed by atoms with Crippen LogP contribution in [0.15, 0.2) is 12.4 Å². The molecule has 3 heteroatoms. The van der Waals surface area contributed by atoms with Gasteiger partial charge < -0.3 is 9.97 Å². The van der Waals surface area contributed by atoms with Crippen molar-refractivity contribution >= 4 is 5.78 Å². The lowest BCUT2D eigenvalue weighted by Crippen LogP contribution is -2.05. The fraction of sp³-hybridized carbons (Fsp3) is 0.308. The molecule has 0 bridgehead atoms. The van der Waals surface area contributed by atoms with Gasteiger partial charge in [-0.15, -0.1) is 0 Å². The molecule has 0 amide bonds. The number of H-pyrrole nitrogens is 2. The Morgan fingerprint density at radius 3 is 1.50 bits per heavy atom. The molecular weight excluding hydrogens is 200 g/mol. The quantitative estimate of drug-likeness (QED) is 0.745. The highest BCUT2D eigenvalue weighted by molar-refractivity contribution is 6.08. The van der Waals surface area contributed by atoms with Gasteiger partial charge in [0.2, 0.25) is 5.78 Å². The summed E-state index contributed by atoms with van der Waals surface area (Å²) in [5, 5.41) is 0. The number of hydrogen-bond acceptors (Lipinski definition) is 1. The predicted molar refractivity (Wildman–Crippen MR) is 64.0 cm³/mol. The Morgan fingerprint density at radius 2 is 1.25 bits per heavy atom. The summed E-state index contributed by atoms with van der Waals surface area (Å²) in [7, 11) is 0. The zero-order chi connectivity index (χ0) is 11.9. The minimum atomic E-state index is 0.0381. The molecule has 0 saturated heterocycles. The Kier molecular flexibility index (Phi) is 2.46. The lowest BCUT2D eigenvalue weighted by atomic mass is 10.1. The zero-order valence-corrected chi connectivity index (χ0v) is 10.1. The van der Waals surface area contributed by atoms with E-state index >= 15 is 0 Å². The molecule has 2 heterocycles. The predicted octanol–water partition coefficient (Wildman–Crippen LogP) is 2.81. The number of ketones is 1. The van der Waals surface area contributed by atoms with Crippen molar-refractivity contribution in [1.29, 1.82) is 0 Å². The summed E-state index contributed by atoms with van der Waals surface area (Å²) in [5.74, 6) is 0.0381. The third kappa shape index (κ3) is 1.48. The van der Waals surface area contributed by atoms with Gasteiger partial charge in [0.15, 0.2) is 0 Å². The van der Waals surface area contributed by atoms with Crippen LogP contribution >= 0.6 is 0 Å². The van der Waals surface area contributed by atoms with Crippen LogP contribution in [0.1, 0.15) is 38.4 Å². The fourth-order valence-corrected chi connectivity index (χ4v) is 1.78. The van der Waals surface area contributed by atoms with Crippen LogP contribution in [0, 0.1) is 27.7 Å². The highest BCUT2D eigenvalue weighted by Gasteiger charge is 2.18. The summed E-state index contributed by atoms with van der Waals surface area (Å²) in [6.45, 7) is 7.92. The van der Waals surface area contributed by atoms with Crippen molar-refractivity contribution in [3.8, 4) is 0 Å². The second kappa shape index (κ2) is 3.67. The summed E-state index contributed by atoms with van der Waals surface area (Å²) >= 11 is 0. The Morgan fingerprint density at radius 1 is 0.875 bits per heavy atom. The molecule has 2 N–H and O–H groups in total. The Bertz CT molecular complexity index is 498. The molecule has 0 unspecified atom stereocenters. The van der Waals surface area contributed by atoms with Gasteiger partial charge in [0, 0.05) is 12.4 Å². The average Bonchev–Trinajstić information content (AvgIpc) is 2.74. The van der Waals surface area contributed by atoms with Crippen molar-refractivity contribution in [3.05, 3.63) is 46.0 Å². The number of nitrogens with one attached hydrogen (secondary N) is 2. The van der Waals surface area contributed by atoms with Crippen LogP contribution in [-0.2, 0) is 0 Å². The van der Waals surface area contributed by atoms with Gasteiger partial charge in [-0.05, 0) is 49.9 Å². The molecule has 2 rings (SSSR count). The van der Waals surface area contributed by atoms with Crippen molar-refractivity contribution in [3.63, 3.8) is 0 Å². The molecule has 0 fully saturated rings. The van der Waals surface area contributed by atoms with Crippen LogP contribution in [0.2, 0.25) is 0 Å². The molecule has 16 heavy (non-hydrogen) atoms. The van der Waals surface area contributed by atoms with Gasteiger partial charge in [-0.2, -0.15) is 0 Å². The maximum Gasteiger partial charge on any atom is 0.225 e. The summed E-state index contributed by atoms with van der Waals surface area (Å²) in [6, 6.07) is 0. The van der Waals surface area contributed by atoms with Crippen molar-refractivity contribution in [2.75, 3.05) is 0 Å². The van der Waals surface area contributed by atoms with E-state index in [0.717, 1.165) is 22.3 Å². The Labute approximate surface area is 94.9 Å². The van der Waals surface area contributed by atoms with Crippen LogP contribution in [0.3, 0.4) is 0 Å². The first kappa shape index (κ1) is 10.7. The van der Waals surface area contributed by atoms with Gasteiger partial charge in [0.25, 0.3) is 0 Å². The van der Waals surface area contributed by atoms with Crippen LogP contribution in [-0.4, -0.2) is 15.8 Å². The molecule has 0 aromatic carbocycles. The molecule has 3 nitrogen and oxygen atoms in total. The monoisotopic (exact) mass is 216 g/mol. The van der Waals surface area contributed by atoms with Crippen molar-refractivity contribution in [2.24, 2.45) is 0 Å². The molecule has 0 atom stereocenters. The van der Waals surface area contributed by atoms with Crippen LogP contribution < -0.4 is 0 Å². The normalized spacial score (nSPS) is 10.8. The van der Waals surface area contributed by atoms with Gasteiger partial charge in [0.05, 0.1) is 11.4 Å². The summed E-state index contributed by atoms with van der Waals surface area (Å²) < 4.78 is 0. The van der Waals surface area contributed by atoms with Crippen molar-refractivity contribution in [1.82, 2.24) is 9.97 Å². The third-order valence-electron chi connectivity index (χ3n) is 3.25. The topological polar surface area (TPSA) is 48.6 Å². The Hall–Kier alpha value is -1.77. The van der Waals surface area contributed by atoms with Crippen LogP contribution in [0.5, 0.6) is 0 Å². The summed E-state index contributed by atoms with van der Waals surface area (Å²) in [6.07, 6.45) is 3.74. The van der Waals surface area contributed by atoms with Gasteiger partial charge in [-0.1, -0.05) is 0 Å². The molecule has 0 aliphatic heterocycles. The van der Waals surface area contributed by atoms with E-state index in [1.807, 2.05) is 40.1 Å². The number of hydrogen-bond donors (Lipinski definition) is 2. The summed E-state index contributed by atoms with van der Waals surface area (Å²) in [4.78, 5) is 18.3. The first-order valence-electron chi connectivity index (χ1n) is 5.36. The van der Waals surface area contributed by atoms with Gasteiger partial charge >= 0.3 is 0 Å². The molecule has 0 spiro atoms. The lowest BCUT2D eigenvalue weighted by Gasteiger charge is -2.00. The molecule has 2 aromatic rings. The van der Waals surface area contributed by atoms with Gasteiger partial charge in [0.1, 0.15) is 0 Å². The summed E-state index contributed by atoms with van der Waals surface area (Å²) in [5.41, 5.74) is 5.65. The van der Waals surface area contributed by atoms with Gasteiger partial charge in [-0.25, -0.2) is 0 Å². The second-order valence-corrected chi connectivity index (χ2v) is 4.27. The van der Waals surface area contributed by atoms with E-state index < -0.39 is 0 Å². The zero-order valence-electron chi connectivity index (χ0n) is 10.1. The average molecular weight is 216 g/mol. The minimum Gasteiger partial charge on any atom is -0.358 e. The number of carbonyl (C=O) groups is 1. The number of aryl methyl sites for hydroxylation is 2. The second-order valence-electron chi connectivity index (χ2n) is 4.27. The van der Waals surface area contributed by atoms with E-state index in [-0.39, 0.29) is 5.78 Å². The fourth-order valence-electron chi connectivity index (χ4n) is 1.78. The number of carbonyl (C=O) groups excluding carboxylic acids is 1. The molecule has 0 aliphatic carbocycles. The molecule has 0 radical (unpaired) electrons. The molecule has 84 valence electrons. The maximum atomic E-state index is 12.3. The molecule has 0 aliphatic rings. The highest BCUT2D eigenvalue weighted by Crippen LogP contribution is 2.19. The van der Waals surface area contributed by atoms with Crippen molar-refractivity contribution in [2.45, 2.75) is 27.7 Å². The minimum absolute atomic E-state index is 0.0381. The first-order chi connectivity index (χ1) is 7.52. The van der Waals surface area contributed by atoms with E-state index in [0.29, 0.717) is 11.4 Å². The van der Waals surface area contributed by atoms with Crippen LogP contribution in [0.25, 0.3) is 0 Å².